The molecule has 4 nitrogen and oxygen atoms in total. The van der Waals surface area contributed by atoms with Crippen molar-refractivity contribution >= 4 is 31.8 Å². The number of rotatable bonds is 3. The van der Waals surface area contributed by atoms with Gasteiger partial charge in [-0.15, -0.1) is 12.4 Å². The van der Waals surface area contributed by atoms with Crippen LogP contribution in [0.4, 0.5) is 4.39 Å². The van der Waals surface area contributed by atoms with Crippen LogP contribution >= 0.6 is 25.9 Å². The van der Waals surface area contributed by atoms with Crippen molar-refractivity contribution in [1.29, 1.82) is 0 Å². The molecule has 1 aromatic carbocycles. The van der Waals surface area contributed by atoms with Gasteiger partial charge >= 0.3 is 0 Å². The van der Waals surface area contributed by atoms with Crippen LogP contribution in [0.3, 0.4) is 0 Å². The predicted octanol–water partition coefficient (Wildman–Crippen LogP) is 1.98. The van der Waals surface area contributed by atoms with Gasteiger partial charge in [0.15, 0.2) is 0 Å². The minimum Gasteiger partial charge on any atom is -0.386 e. The van der Waals surface area contributed by atoms with Gasteiger partial charge in [0, 0.05) is 13.1 Å². The zero-order valence-corrected chi connectivity index (χ0v) is 12.8. The number of benzene rings is 1. The van der Waals surface area contributed by atoms with Gasteiger partial charge in [0.05, 0.1) is 0 Å². The second kappa shape index (κ2) is 10.00. The van der Waals surface area contributed by atoms with Crippen molar-refractivity contribution in [3.63, 3.8) is 0 Å². The molecule has 1 aliphatic rings. The third-order valence-electron chi connectivity index (χ3n) is 3.25. The topological polar surface area (TPSA) is 66.6 Å². The van der Waals surface area contributed by atoms with Crippen LogP contribution in [0.15, 0.2) is 24.3 Å². The summed E-state index contributed by atoms with van der Waals surface area (Å²) in [6.45, 7) is 1.39. The van der Waals surface area contributed by atoms with E-state index in [2.05, 4.69) is 0 Å². The number of carbonyl (C=O) groups excluding carboxylic acids is 1. The van der Waals surface area contributed by atoms with E-state index in [1.807, 2.05) is 0 Å². The zero-order valence-electron chi connectivity index (χ0n) is 11.0. The molecule has 0 aliphatic carbocycles. The first-order valence-electron chi connectivity index (χ1n) is 6.07. The van der Waals surface area contributed by atoms with Crippen LogP contribution in [0.2, 0.25) is 0 Å². The number of nitrogens with zero attached hydrogens (tertiary/aromatic N) is 1. The van der Waals surface area contributed by atoms with E-state index in [4.69, 9.17) is 5.73 Å². The Hall–Kier alpha value is -0.820. The van der Waals surface area contributed by atoms with Gasteiger partial charge in [-0.05, 0) is 30.5 Å². The standard InChI is InChI=1S/C13H17FN2O2.CH4.ClH.H2S/c14-10-5-3-9(4-6-10)12(17)11(15)13(18)16-7-1-2-8-16;;;/h3-6,11-12,17H,1-2,7-8,15H2;1H4;1H;1H2/t11-,12+;;;/m0.../s1. The van der Waals surface area contributed by atoms with Crippen molar-refractivity contribution in [2.75, 3.05) is 13.1 Å². The maximum atomic E-state index is 12.8. The van der Waals surface area contributed by atoms with Crippen molar-refractivity contribution in [3.05, 3.63) is 35.6 Å². The largest absolute Gasteiger partial charge is 0.386 e. The van der Waals surface area contributed by atoms with E-state index in [0.717, 1.165) is 12.8 Å². The number of hydrogen-bond donors (Lipinski definition) is 2. The Morgan fingerprint density at radius 3 is 2.19 bits per heavy atom. The second-order valence-electron chi connectivity index (χ2n) is 4.55. The molecule has 0 saturated carbocycles. The van der Waals surface area contributed by atoms with Crippen LogP contribution in [0.1, 0.15) is 31.9 Å². The molecule has 2 atom stereocenters. The molecule has 122 valence electrons. The maximum absolute atomic E-state index is 12.8. The molecule has 1 fully saturated rings. The Labute approximate surface area is 138 Å². The Morgan fingerprint density at radius 1 is 1.24 bits per heavy atom. The van der Waals surface area contributed by atoms with Gasteiger partial charge in [0.25, 0.3) is 0 Å². The quantitative estimate of drug-likeness (QED) is 0.885. The summed E-state index contributed by atoms with van der Waals surface area (Å²) in [4.78, 5) is 13.7. The number of carbonyl (C=O) groups is 1. The average molecular weight is 339 g/mol. The van der Waals surface area contributed by atoms with Gasteiger partial charge in [0.2, 0.25) is 5.91 Å². The fraction of sp³-hybridized carbons (Fsp3) is 0.500. The highest BCUT2D eigenvalue weighted by Gasteiger charge is 2.29. The van der Waals surface area contributed by atoms with Gasteiger partial charge in [-0.3, -0.25) is 4.79 Å². The van der Waals surface area contributed by atoms with E-state index >= 15 is 0 Å². The van der Waals surface area contributed by atoms with Gasteiger partial charge < -0.3 is 15.7 Å². The van der Waals surface area contributed by atoms with Gasteiger partial charge in [-0.2, -0.15) is 13.5 Å². The first-order valence-corrected chi connectivity index (χ1v) is 6.07. The fourth-order valence-electron chi connectivity index (χ4n) is 2.15. The molecule has 1 heterocycles. The molecule has 7 heteroatoms. The molecule has 0 spiro atoms. The average Bonchev–Trinajstić information content (AvgIpc) is 2.91. The molecular weight excluding hydrogens is 315 g/mol. The molecule has 0 aromatic heterocycles. The zero-order chi connectivity index (χ0) is 13.1. The van der Waals surface area contributed by atoms with Crippen LogP contribution in [-0.2, 0) is 4.79 Å². The summed E-state index contributed by atoms with van der Waals surface area (Å²) >= 11 is 0. The Balaban J connectivity index is 0. The third-order valence-corrected chi connectivity index (χ3v) is 3.25. The highest BCUT2D eigenvalue weighted by Crippen LogP contribution is 2.19. The third kappa shape index (κ3) is 5.47. The summed E-state index contributed by atoms with van der Waals surface area (Å²) in [6, 6.07) is 4.37. The number of halogens is 2. The molecule has 1 saturated heterocycles. The summed E-state index contributed by atoms with van der Waals surface area (Å²) in [5.41, 5.74) is 6.23. The minimum absolute atomic E-state index is 0. The van der Waals surface area contributed by atoms with Crippen LogP contribution in [0.5, 0.6) is 0 Å². The first kappa shape index (κ1) is 22.5. The summed E-state index contributed by atoms with van der Waals surface area (Å²) in [6.07, 6.45) is 0.856. The van der Waals surface area contributed by atoms with Gasteiger partial charge in [-0.1, -0.05) is 19.6 Å². The van der Waals surface area contributed by atoms with Crippen LogP contribution < -0.4 is 5.73 Å². The van der Waals surface area contributed by atoms with Crippen LogP contribution in [-0.4, -0.2) is 35.0 Å². The molecule has 3 N–H and O–H groups in total. The van der Waals surface area contributed by atoms with Gasteiger partial charge in [0.1, 0.15) is 18.0 Å². The Bertz CT molecular complexity index is 427. The molecule has 21 heavy (non-hydrogen) atoms. The van der Waals surface area contributed by atoms with E-state index in [9.17, 15) is 14.3 Å². The van der Waals surface area contributed by atoms with Crippen LogP contribution in [0.25, 0.3) is 0 Å². The van der Waals surface area contributed by atoms with E-state index in [1.165, 1.54) is 24.3 Å². The highest BCUT2D eigenvalue weighted by atomic mass is 35.5. The lowest BCUT2D eigenvalue weighted by Gasteiger charge is -2.24. The van der Waals surface area contributed by atoms with Crippen molar-refractivity contribution in [1.82, 2.24) is 4.90 Å². The smallest absolute Gasteiger partial charge is 0.242 e. The fourth-order valence-corrected chi connectivity index (χ4v) is 2.15. The lowest BCUT2D eigenvalue weighted by Crippen LogP contribution is -2.45. The van der Waals surface area contributed by atoms with E-state index in [1.54, 1.807) is 4.90 Å². The Kier molecular flexibility index (Phi) is 10.7. The number of hydrogen-bond acceptors (Lipinski definition) is 3. The molecule has 1 amide bonds. The predicted molar refractivity (Wildman–Crippen MR) is 89.5 cm³/mol. The minimum atomic E-state index is -1.10. The molecule has 1 aromatic rings. The van der Waals surface area contributed by atoms with Gasteiger partial charge in [-0.25, -0.2) is 4.39 Å². The van der Waals surface area contributed by atoms with E-state index < -0.39 is 12.1 Å². The van der Waals surface area contributed by atoms with E-state index in [0.29, 0.717) is 18.7 Å². The second-order valence-corrected chi connectivity index (χ2v) is 4.55. The number of nitrogens with two attached hydrogens (primary N) is 1. The Morgan fingerprint density at radius 2 is 1.71 bits per heavy atom. The van der Waals surface area contributed by atoms with E-state index in [-0.39, 0.29) is 45.1 Å². The maximum Gasteiger partial charge on any atom is 0.242 e. The van der Waals surface area contributed by atoms with Crippen molar-refractivity contribution in [2.24, 2.45) is 5.73 Å². The lowest BCUT2D eigenvalue weighted by molar-refractivity contribution is -0.134. The molecule has 0 bridgehead atoms. The van der Waals surface area contributed by atoms with Crippen molar-refractivity contribution in [3.8, 4) is 0 Å². The normalized spacial score (nSPS) is 16.0. The summed E-state index contributed by atoms with van der Waals surface area (Å²) in [5.74, 6) is -0.630. The molecular formula is C14H24ClFN2O2S. The summed E-state index contributed by atoms with van der Waals surface area (Å²) in [5, 5.41) is 10.0. The monoisotopic (exact) mass is 338 g/mol. The summed E-state index contributed by atoms with van der Waals surface area (Å²) in [7, 11) is 0. The molecule has 0 radical (unpaired) electrons. The number of amides is 1. The molecule has 0 unspecified atom stereocenters. The van der Waals surface area contributed by atoms with Crippen LogP contribution in [0, 0.1) is 5.82 Å². The molecule has 2 rings (SSSR count). The van der Waals surface area contributed by atoms with Crippen molar-refractivity contribution in [2.45, 2.75) is 32.4 Å². The number of aliphatic hydroxyl groups excluding tert-OH is 1. The number of aliphatic hydroxyl groups is 1. The first-order chi connectivity index (χ1) is 8.59. The SMILES string of the molecule is C.Cl.N[C@H](C(=O)N1CCCC1)[C@H](O)c1ccc(F)cc1.S. The number of likely N-dealkylation sites (tertiary alicyclic amines) is 1. The lowest BCUT2D eigenvalue weighted by atomic mass is 10.0. The summed E-state index contributed by atoms with van der Waals surface area (Å²) < 4.78 is 12.8. The highest BCUT2D eigenvalue weighted by molar-refractivity contribution is 7.59. The molecule has 1 aliphatic heterocycles. The van der Waals surface area contributed by atoms with Crippen molar-refractivity contribution < 1.29 is 14.3 Å².